The zero-order valence-corrected chi connectivity index (χ0v) is 21.1. The van der Waals surface area contributed by atoms with E-state index in [9.17, 15) is 23.9 Å². The van der Waals surface area contributed by atoms with Crippen molar-refractivity contribution in [2.75, 3.05) is 6.61 Å². The molecule has 0 saturated carbocycles. The van der Waals surface area contributed by atoms with Crippen LogP contribution in [0.5, 0.6) is 5.75 Å². The SMILES string of the molecule is Cn1c(=O)oc2ccc(C(=O)CC[C@](C)(O)c3cc4c(c(-c5ccc(F)cc5)n3)OC[C@]4(C)C(N)=O)cc21. The van der Waals surface area contributed by atoms with E-state index in [0.717, 1.165) is 0 Å². The number of amides is 1. The monoisotopic (exact) mass is 519 g/mol. The van der Waals surface area contributed by atoms with E-state index in [1.807, 2.05) is 0 Å². The van der Waals surface area contributed by atoms with Crippen LogP contribution in [-0.2, 0) is 22.9 Å². The Morgan fingerprint density at radius 2 is 1.92 bits per heavy atom. The Hall–Kier alpha value is -4.31. The third kappa shape index (κ3) is 4.16. The summed E-state index contributed by atoms with van der Waals surface area (Å²) < 4.78 is 25.9. The van der Waals surface area contributed by atoms with Crippen LogP contribution in [0, 0.1) is 5.82 Å². The largest absolute Gasteiger partial charge is 0.489 e. The molecule has 0 bridgehead atoms. The number of benzene rings is 2. The van der Waals surface area contributed by atoms with Crippen LogP contribution in [0.4, 0.5) is 4.39 Å². The van der Waals surface area contributed by atoms with Gasteiger partial charge in [-0.15, -0.1) is 0 Å². The standard InChI is InChI=1S/C28H26FN3O6/c1-27(25(30)34)14-37-24-18(27)13-22(31-23(24)15-4-7-17(29)8-5-15)28(2,36)11-10-20(33)16-6-9-21-19(12-16)32(3)26(35)38-21/h4-9,12-13,36H,10-11,14H2,1-3H3,(H2,30,34)/t27-,28-/m0/s1. The molecule has 2 atom stereocenters. The summed E-state index contributed by atoms with van der Waals surface area (Å²) in [5.74, 6) is -1.46. The second kappa shape index (κ2) is 8.91. The minimum atomic E-state index is -1.58. The van der Waals surface area contributed by atoms with E-state index in [4.69, 9.17) is 14.9 Å². The number of nitrogens with two attached hydrogens (primary N) is 1. The minimum absolute atomic E-state index is 0.00336. The second-order valence-electron chi connectivity index (χ2n) is 10.0. The van der Waals surface area contributed by atoms with Crippen molar-refractivity contribution in [2.24, 2.45) is 12.8 Å². The first-order chi connectivity index (χ1) is 17.9. The van der Waals surface area contributed by atoms with Crippen LogP contribution in [0.25, 0.3) is 22.4 Å². The van der Waals surface area contributed by atoms with Crippen LogP contribution in [-0.4, -0.2) is 33.0 Å². The number of aromatic nitrogens is 2. The molecular weight excluding hydrogens is 493 g/mol. The zero-order valence-electron chi connectivity index (χ0n) is 21.1. The number of oxazole rings is 1. The summed E-state index contributed by atoms with van der Waals surface area (Å²) in [6.45, 7) is 3.18. The Bertz CT molecular complexity index is 1650. The Kier molecular flexibility index (Phi) is 5.94. The van der Waals surface area contributed by atoms with Crippen LogP contribution in [0.15, 0.2) is 57.7 Å². The number of fused-ring (bicyclic) bond motifs is 2. The lowest BCUT2D eigenvalue weighted by atomic mass is 9.81. The third-order valence-electron chi connectivity index (χ3n) is 7.24. The van der Waals surface area contributed by atoms with Crippen molar-refractivity contribution < 1.29 is 28.2 Å². The second-order valence-corrected chi connectivity index (χ2v) is 10.0. The number of aliphatic hydroxyl groups is 1. The molecular formula is C28H26FN3O6. The van der Waals surface area contributed by atoms with Gasteiger partial charge in [-0.1, -0.05) is 0 Å². The first kappa shape index (κ1) is 25.3. The van der Waals surface area contributed by atoms with Crippen molar-refractivity contribution >= 4 is 22.8 Å². The van der Waals surface area contributed by atoms with Gasteiger partial charge < -0.3 is 20.0 Å². The normalized spacial score (nSPS) is 18.1. The van der Waals surface area contributed by atoms with E-state index in [0.29, 0.717) is 39.2 Å². The molecule has 0 saturated heterocycles. The number of ketones is 1. The highest BCUT2D eigenvalue weighted by molar-refractivity contribution is 5.98. The van der Waals surface area contributed by atoms with E-state index >= 15 is 0 Å². The van der Waals surface area contributed by atoms with E-state index in [1.54, 1.807) is 38.2 Å². The molecule has 0 radical (unpaired) electrons. The molecule has 10 heteroatoms. The Labute approximate surface area is 216 Å². The summed E-state index contributed by atoms with van der Waals surface area (Å²) in [5.41, 5.74) is 5.74. The molecule has 0 spiro atoms. The molecule has 9 nitrogen and oxygen atoms in total. The zero-order chi connectivity index (χ0) is 27.4. The molecule has 2 aromatic carbocycles. The maximum Gasteiger partial charge on any atom is 0.419 e. The lowest BCUT2D eigenvalue weighted by Crippen LogP contribution is -2.40. The molecule has 38 heavy (non-hydrogen) atoms. The van der Waals surface area contributed by atoms with Gasteiger partial charge in [0.05, 0.1) is 11.2 Å². The van der Waals surface area contributed by atoms with Gasteiger partial charge in [0.2, 0.25) is 5.91 Å². The number of ether oxygens (including phenoxy) is 1. The number of halogens is 1. The molecule has 1 aliphatic heterocycles. The van der Waals surface area contributed by atoms with E-state index in [1.165, 1.54) is 35.8 Å². The highest BCUT2D eigenvalue weighted by Gasteiger charge is 2.45. The Balaban J connectivity index is 1.49. The van der Waals surface area contributed by atoms with Gasteiger partial charge in [0.25, 0.3) is 0 Å². The molecule has 3 heterocycles. The predicted octanol–water partition coefficient (Wildman–Crippen LogP) is 3.34. The fraction of sp³-hybridized carbons (Fsp3) is 0.286. The quantitative estimate of drug-likeness (QED) is 0.357. The Morgan fingerprint density at radius 1 is 1.21 bits per heavy atom. The van der Waals surface area contributed by atoms with Crippen molar-refractivity contribution in [3.8, 4) is 17.0 Å². The first-order valence-electron chi connectivity index (χ1n) is 12.0. The van der Waals surface area contributed by atoms with Crippen molar-refractivity contribution in [3.63, 3.8) is 0 Å². The number of pyridine rings is 1. The molecule has 4 aromatic rings. The number of primary amides is 1. The van der Waals surface area contributed by atoms with Crippen molar-refractivity contribution in [2.45, 2.75) is 37.7 Å². The van der Waals surface area contributed by atoms with Crippen LogP contribution in [0.3, 0.4) is 0 Å². The number of hydrogen-bond donors (Lipinski definition) is 2. The van der Waals surface area contributed by atoms with Gasteiger partial charge in [-0.05, 0) is 68.8 Å². The number of carbonyl (C=O) groups is 2. The highest BCUT2D eigenvalue weighted by Crippen LogP contribution is 2.46. The van der Waals surface area contributed by atoms with Crippen molar-refractivity contribution in [3.05, 3.63) is 81.7 Å². The van der Waals surface area contributed by atoms with Gasteiger partial charge in [0, 0.05) is 30.2 Å². The molecule has 2 aromatic heterocycles. The summed E-state index contributed by atoms with van der Waals surface area (Å²) in [5, 5.41) is 11.5. The molecule has 0 unspecified atom stereocenters. The van der Waals surface area contributed by atoms with Crippen LogP contribution in [0.1, 0.15) is 48.3 Å². The van der Waals surface area contributed by atoms with Gasteiger partial charge in [0.15, 0.2) is 11.4 Å². The van der Waals surface area contributed by atoms with Gasteiger partial charge in [-0.3, -0.25) is 14.2 Å². The molecule has 1 aliphatic rings. The average Bonchev–Trinajstić information content (AvgIpc) is 3.39. The predicted molar refractivity (Wildman–Crippen MR) is 136 cm³/mol. The fourth-order valence-corrected chi connectivity index (χ4v) is 4.60. The van der Waals surface area contributed by atoms with Crippen molar-refractivity contribution in [1.82, 2.24) is 9.55 Å². The minimum Gasteiger partial charge on any atom is -0.489 e. The molecule has 3 N–H and O–H groups in total. The maximum atomic E-state index is 13.6. The maximum absolute atomic E-state index is 13.6. The first-order valence-corrected chi connectivity index (χ1v) is 12.0. The van der Waals surface area contributed by atoms with Crippen LogP contribution >= 0.6 is 0 Å². The van der Waals surface area contributed by atoms with Crippen LogP contribution < -0.4 is 16.2 Å². The third-order valence-corrected chi connectivity index (χ3v) is 7.24. The van der Waals surface area contributed by atoms with Crippen LogP contribution in [0.2, 0.25) is 0 Å². The number of aryl methyl sites for hydroxylation is 1. The summed E-state index contributed by atoms with van der Waals surface area (Å²) in [7, 11) is 1.55. The summed E-state index contributed by atoms with van der Waals surface area (Å²) in [4.78, 5) is 41.8. The van der Waals surface area contributed by atoms with Gasteiger partial charge in [0.1, 0.15) is 34.9 Å². The smallest absolute Gasteiger partial charge is 0.419 e. The summed E-state index contributed by atoms with van der Waals surface area (Å²) >= 11 is 0. The van der Waals surface area contributed by atoms with E-state index < -0.39 is 28.5 Å². The molecule has 0 aliphatic carbocycles. The number of carbonyl (C=O) groups excluding carboxylic acids is 2. The van der Waals surface area contributed by atoms with Gasteiger partial charge in [-0.2, -0.15) is 0 Å². The molecule has 196 valence electrons. The van der Waals surface area contributed by atoms with E-state index in [2.05, 4.69) is 4.98 Å². The Morgan fingerprint density at radius 3 is 2.61 bits per heavy atom. The van der Waals surface area contributed by atoms with Gasteiger partial charge >= 0.3 is 5.76 Å². The molecule has 1 amide bonds. The highest BCUT2D eigenvalue weighted by atomic mass is 19.1. The lowest BCUT2D eigenvalue weighted by molar-refractivity contribution is -0.123. The number of rotatable bonds is 7. The van der Waals surface area contributed by atoms with Crippen molar-refractivity contribution in [1.29, 1.82) is 0 Å². The van der Waals surface area contributed by atoms with E-state index in [-0.39, 0.29) is 30.9 Å². The average molecular weight is 520 g/mol. The summed E-state index contributed by atoms with van der Waals surface area (Å²) in [6.07, 6.45) is -0.0183. The molecule has 0 fully saturated rings. The number of hydrogen-bond acceptors (Lipinski definition) is 7. The number of Topliss-reactive ketones (excluding diaryl/α,β-unsaturated/α-hetero) is 1. The van der Waals surface area contributed by atoms with Gasteiger partial charge in [-0.25, -0.2) is 14.2 Å². The fourth-order valence-electron chi connectivity index (χ4n) is 4.60. The summed E-state index contributed by atoms with van der Waals surface area (Å²) in [6, 6.07) is 11.9. The topological polar surface area (TPSA) is 138 Å². The number of nitrogens with zero attached hydrogens (tertiary/aromatic N) is 2. The lowest BCUT2D eigenvalue weighted by Gasteiger charge is -2.26. The molecule has 5 rings (SSSR count).